The largest absolute Gasteiger partial charge is 0.461 e. The molecule has 6 nitrogen and oxygen atoms in total. The minimum Gasteiger partial charge on any atom is -0.461 e. The maximum Gasteiger partial charge on any atom is 0.360 e. The van der Waals surface area contributed by atoms with Gasteiger partial charge in [0.05, 0.1) is 6.61 Å². The van der Waals surface area contributed by atoms with Crippen LogP contribution in [-0.2, 0) is 4.74 Å². The fourth-order valence-corrected chi connectivity index (χ4v) is 0.708. The minimum absolute atomic E-state index is 0.0525. The molecule has 0 atom stereocenters. The van der Waals surface area contributed by atoms with E-state index in [-0.39, 0.29) is 18.1 Å². The van der Waals surface area contributed by atoms with Gasteiger partial charge in [-0.05, 0) is 6.92 Å². The second-order valence-electron chi connectivity index (χ2n) is 2.08. The molecule has 0 amide bonds. The van der Waals surface area contributed by atoms with Crippen molar-refractivity contribution >= 4 is 12.2 Å². The van der Waals surface area contributed by atoms with E-state index in [0.29, 0.717) is 0 Å². The Balaban J connectivity index is 2.73. The molecule has 1 aromatic rings. The molecule has 0 aliphatic rings. The highest BCUT2D eigenvalue weighted by molar-refractivity contribution is 5.89. The molecule has 1 N–H and O–H groups in total. The van der Waals surface area contributed by atoms with Gasteiger partial charge in [0.25, 0.3) is 0 Å². The van der Waals surface area contributed by atoms with Crippen molar-refractivity contribution in [2.45, 2.75) is 6.92 Å². The van der Waals surface area contributed by atoms with Gasteiger partial charge in [0.15, 0.2) is 11.5 Å². The molecular formula is C7H8N2O4. The number of nitrogens with zero attached hydrogens (tertiary/aromatic N) is 2. The smallest absolute Gasteiger partial charge is 0.360 e. The minimum atomic E-state index is -0.566. The highest BCUT2D eigenvalue weighted by Crippen LogP contribution is 2.02. The van der Waals surface area contributed by atoms with Crippen molar-refractivity contribution in [3.05, 3.63) is 17.5 Å². The second kappa shape index (κ2) is 4.24. The predicted molar refractivity (Wildman–Crippen MR) is 41.8 cm³/mol. The van der Waals surface area contributed by atoms with E-state index in [2.05, 4.69) is 19.6 Å². The Morgan fingerprint density at radius 2 is 2.69 bits per heavy atom. The lowest BCUT2D eigenvalue weighted by Crippen LogP contribution is -2.04. The molecule has 1 rings (SSSR count). The van der Waals surface area contributed by atoms with Gasteiger partial charge in [-0.25, -0.2) is 4.79 Å². The van der Waals surface area contributed by atoms with E-state index in [1.807, 2.05) is 0 Å². The van der Waals surface area contributed by atoms with Crippen LogP contribution in [0.3, 0.4) is 0 Å². The number of ether oxygens (including phenoxy) is 1. The summed E-state index contributed by atoms with van der Waals surface area (Å²) < 4.78 is 9.26. The maximum absolute atomic E-state index is 11.0. The van der Waals surface area contributed by atoms with Crippen LogP contribution in [0.2, 0.25) is 0 Å². The molecule has 0 aliphatic heterocycles. The summed E-state index contributed by atoms with van der Waals surface area (Å²) in [5, 5.41) is 14.3. The van der Waals surface area contributed by atoms with Gasteiger partial charge in [-0.3, -0.25) is 0 Å². The van der Waals surface area contributed by atoms with Crippen molar-refractivity contribution in [1.29, 1.82) is 0 Å². The van der Waals surface area contributed by atoms with E-state index in [4.69, 9.17) is 5.21 Å². The zero-order valence-corrected chi connectivity index (χ0v) is 6.93. The summed E-state index contributed by atoms with van der Waals surface area (Å²) in [7, 11) is 0. The van der Waals surface area contributed by atoms with Crippen LogP contribution in [0.1, 0.15) is 23.2 Å². The Morgan fingerprint density at radius 1 is 1.92 bits per heavy atom. The molecule has 0 fully saturated rings. The predicted octanol–water partition coefficient (Wildman–Crippen LogP) is 0.659. The summed E-state index contributed by atoms with van der Waals surface area (Å²) in [5.74, 6) is -0.380. The number of carbonyl (C=O) groups excluding carboxylic acids is 1. The lowest BCUT2D eigenvalue weighted by Gasteiger charge is -1.94. The lowest BCUT2D eigenvalue weighted by atomic mass is 10.4. The van der Waals surface area contributed by atoms with Crippen LogP contribution in [0, 0.1) is 0 Å². The first kappa shape index (κ1) is 9.24. The lowest BCUT2D eigenvalue weighted by molar-refractivity contribution is 0.0514. The van der Waals surface area contributed by atoms with Crippen LogP contribution < -0.4 is 0 Å². The van der Waals surface area contributed by atoms with Crippen LogP contribution in [0.25, 0.3) is 0 Å². The first-order valence-corrected chi connectivity index (χ1v) is 3.59. The van der Waals surface area contributed by atoms with E-state index in [1.54, 1.807) is 6.92 Å². The standard InChI is InChI=1S/C7H8N2O4/c1-2-12-7(10)6-3-5(4-8-11)13-9-6/h3-4,11H,2H2,1H3/b8-4+. The molecule has 0 saturated carbocycles. The van der Waals surface area contributed by atoms with E-state index < -0.39 is 5.97 Å². The van der Waals surface area contributed by atoms with E-state index >= 15 is 0 Å². The van der Waals surface area contributed by atoms with Gasteiger partial charge in [0.2, 0.25) is 0 Å². The van der Waals surface area contributed by atoms with Gasteiger partial charge < -0.3 is 14.5 Å². The van der Waals surface area contributed by atoms with Gasteiger partial charge >= 0.3 is 5.97 Å². The summed E-state index contributed by atoms with van der Waals surface area (Å²) >= 11 is 0. The number of hydrogen-bond donors (Lipinski definition) is 1. The molecule has 6 heteroatoms. The highest BCUT2D eigenvalue weighted by atomic mass is 16.5. The quantitative estimate of drug-likeness (QED) is 0.323. The average Bonchev–Trinajstić information content (AvgIpc) is 2.54. The van der Waals surface area contributed by atoms with Gasteiger partial charge in [0, 0.05) is 6.07 Å². The molecule has 0 bridgehead atoms. The van der Waals surface area contributed by atoms with Crippen molar-refractivity contribution in [1.82, 2.24) is 5.16 Å². The molecule has 0 aliphatic carbocycles. The Bertz CT molecular complexity index is 318. The summed E-state index contributed by atoms with van der Waals surface area (Å²) in [6.45, 7) is 1.96. The molecular weight excluding hydrogens is 176 g/mol. The SMILES string of the molecule is CCOC(=O)c1cc(/C=N/O)on1. The van der Waals surface area contributed by atoms with Crippen molar-refractivity contribution in [3.8, 4) is 0 Å². The summed E-state index contributed by atoms with van der Waals surface area (Å²) in [5.41, 5.74) is 0.0525. The van der Waals surface area contributed by atoms with Crippen LogP contribution in [-0.4, -0.2) is 29.2 Å². The summed E-state index contributed by atoms with van der Waals surface area (Å²) in [6, 6.07) is 1.32. The monoisotopic (exact) mass is 184 g/mol. The number of carbonyl (C=O) groups is 1. The number of hydrogen-bond acceptors (Lipinski definition) is 6. The van der Waals surface area contributed by atoms with Crippen LogP contribution in [0.5, 0.6) is 0 Å². The van der Waals surface area contributed by atoms with E-state index in [9.17, 15) is 4.79 Å². The van der Waals surface area contributed by atoms with Crippen LogP contribution >= 0.6 is 0 Å². The van der Waals surface area contributed by atoms with Gasteiger partial charge in [0.1, 0.15) is 6.21 Å². The molecule has 0 aromatic carbocycles. The van der Waals surface area contributed by atoms with Crippen molar-refractivity contribution in [2.75, 3.05) is 6.61 Å². The van der Waals surface area contributed by atoms with Gasteiger partial charge in [-0.1, -0.05) is 10.3 Å². The number of esters is 1. The molecule has 0 spiro atoms. The van der Waals surface area contributed by atoms with Crippen LogP contribution in [0.15, 0.2) is 15.7 Å². The first-order chi connectivity index (χ1) is 6.27. The fourth-order valence-electron chi connectivity index (χ4n) is 0.708. The third-order valence-electron chi connectivity index (χ3n) is 1.20. The third-order valence-corrected chi connectivity index (χ3v) is 1.20. The Labute approximate surface area is 73.8 Å². The first-order valence-electron chi connectivity index (χ1n) is 3.59. The number of aromatic nitrogens is 1. The zero-order chi connectivity index (χ0) is 9.68. The summed E-state index contributed by atoms with van der Waals surface area (Å²) in [6.07, 6.45) is 1.02. The molecule has 0 saturated heterocycles. The molecule has 70 valence electrons. The summed E-state index contributed by atoms with van der Waals surface area (Å²) in [4.78, 5) is 11.0. The Hall–Kier alpha value is -1.85. The number of oxime groups is 1. The zero-order valence-electron chi connectivity index (χ0n) is 6.93. The van der Waals surface area contributed by atoms with Gasteiger partial charge in [-0.2, -0.15) is 0 Å². The van der Waals surface area contributed by atoms with Crippen molar-refractivity contribution in [2.24, 2.45) is 5.16 Å². The average molecular weight is 184 g/mol. The van der Waals surface area contributed by atoms with E-state index in [1.165, 1.54) is 6.07 Å². The molecule has 1 aromatic heterocycles. The molecule has 1 heterocycles. The van der Waals surface area contributed by atoms with Crippen molar-refractivity contribution < 1.29 is 19.3 Å². The Kier molecular flexibility index (Phi) is 3.02. The molecule has 0 unspecified atom stereocenters. The molecule has 0 radical (unpaired) electrons. The third kappa shape index (κ3) is 2.29. The fraction of sp³-hybridized carbons (Fsp3) is 0.286. The normalized spacial score (nSPS) is 10.5. The Morgan fingerprint density at radius 3 is 3.31 bits per heavy atom. The molecule has 13 heavy (non-hydrogen) atoms. The highest BCUT2D eigenvalue weighted by Gasteiger charge is 2.11. The van der Waals surface area contributed by atoms with Gasteiger partial charge in [-0.15, -0.1) is 0 Å². The number of rotatable bonds is 3. The van der Waals surface area contributed by atoms with Crippen molar-refractivity contribution in [3.63, 3.8) is 0 Å². The second-order valence-corrected chi connectivity index (χ2v) is 2.08. The van der Waals surface area contributed by atoms with E-state index in [0.717, 1.165) is 6.21 Å². The maximum atomic E-state index is 11.0. The van der Waals surface area contributed by atoms with Crippen LogP contribution in [0.4, 0.5) is 0 Å². The topological polar surface area (TPSA) is 84.9 Å².